The molecule has 0 aromatic heterocycles. The zero-order valence-corrected chi connectivity index (χ0v) is 18.1. The summed E-state index contributed by atoms with van der Waals surface area (Å²) in [5, 5.41) is 23.3. The molecule has 0 aliphatic carbocycles. The van der Waals surface area contributed by atoms with Gasteiger partial charge in [-0.1, -0.05) is 42.5 Å². The summed E-state index contributed by atoms with van der Waals surface area (Å²) in [7, 11) is 1.52. The first-order valence-corrected chi connectivity index (χ1v) is 9.94. The SMILES string of the molecule is COc1ccc(/C=C(\C#N)C(=O)Nc2ccc(C)cc2[N+](=O)[O-])cc1OCc1ccccc1. The molecule has 0 saturated carbocycles. The lowest BCUT2D eigenvalue weighted by atomic mass is 10.1. The molecule has 0 bridgehead atoms. The third kappa shape index (κ3) is 5.95. The zero-order valence-electron chi connectivity index (χ0n) is 18.1. The molecule has 0 saturated heterocycles. The molecule has 0 heterocycles. The molecule has 0 radical (unpaired) electrons. The van der Waals surface area contributed by atoms with Crippen molar-refractivity contribution in [3.05, 3.63) is 99.1 Å². The number of hydrogen-bond acceptors (Lipinski definition) is 6. The van der Waals surface area contributed by atoms with E-state index in [0.29, 0.717) is 29.2 Å². The van der Waals surface area contributed by atoms with Crippen molar-refractivity contribution in [2.75, 3.05) is 12.4 Å². The normalized spacial score (nSPS) is 10.8. The molecule has 0 aliphatic heterocycles. The van der Waals surface area contributed by atoms with Gasteiger partial charge < -0.3 is 14.8 Å². The fourth-order valence-corrected chi connectivity index (χ4v) is 3.03. The summed E-state index contributed by atoms with van der Waals surface area (Å²) in [5.74, 6) is 0.190. The second-order valence-electron chi connectivity index (χ2n) is 7.09. The van der Waals surface area contributed by atoms with Crippen molar-refractivity contribution in [3.8, 4) is 17.6 Å². The van der Waals surface area contributed by atoms with Gasteiger partial charge in [0, 0.05) is 6.07 Å². The molecular formula is C25H21N3O5. The molecule has 0 atom stereocenters. The van der Waals surface area contributed by atoms with E-state index in [9.17, 15) is 20.2 Å². The summed E-state index contributed by atoms with van der Waals surface area (Å²) >= 11 is 0. The van der Waals surface area contributed by atoms with Crippen LogP contribution >= 0.6 is 0 Å². The van der Waals surface area contributed by atoms with Crippen LogP contribution in [-0.4, -0.2) is 17.9 Å². The number of methoxy groups -OCH3 is 1. The number of nitrogens with zero attached hydrogens (tertiary/aromatic N) is 2. The first-order chi connectivity index (χ1) is 15.9. The largest absolute Gasteiger partial charge is 0.493 e. The average Bonchev–Trinajstić information content (AvgIpc) is 2.82. The highest BCUT2D eigenvalue weighted by Gasteiger charge is 2.18. The highest BCUT2D eigenvalue weighted by atomic mass is 16.6. The molecule has 166 valence electrons. The van der Waals surface area contributed by atoms with E-state index >= 15 is 0 Å². The number of benzene rings is 3. The van der Waals surface area contributed by atoms with Crippen molar-refractivity contribution in [3.63, 3.8) is 0 Å². The molecule has 8 nitrogen and oxygen atoms in total. The molecule has 8 heteroatoms. The van der Waals surface area contributed by atoms with E-state index < -0.39 is 10.8 Å². The molecule has 3 aromatic rings. The fourth-order valence-electron chi connectivity index (χ4n) is 3.03. The van der Waals surface area contributed by atoms with Crippen LogP contribution in [-0.2, 0) is 11.4 Å². The lowest BCUT2D eigenvalue weighted by Crippen LogP contribution is -2.14. The molecule has 0 fully saturated rings. The first kappa shape index (κ1) is 23.0. The molecule has 0 unspecified atom stereocenters. The number of anilines is 1. The summed E-state index contributed by atoms with van der Waals surface area (Å²) in [6.07, 6.45) is 1.38. The van der Waals surface area contributed by atoms with E-state index in [1.807, 2.05) is 36.4 Å². The summed E-state index contributed by atoms with van der Waals surface area (Å²) < 4.78 is 11.2. The Hall–Kier alpha value is -4.64. The van der Waals surface area contributed by atoms with Crippen LogP contribution in [0.25, 0.3) is 6.08 Å². The minimum atomic E-state index is -0.757. The Kier molecular flexibility index (Phi) is 7.39. The van der Waals surface area contributed by atoms with Crippen molar-refractivity contribution in [1.82, 2.24) is 0 Å². The number of aryl methyl sites for hydroxylation is 1. The number of rotatable bonds is 8. The number of carbonyl (C=O) groups is 1. The van der Waals surface area contributed by atoms with Gasteiger partial charge in [0.25, 0.3) is 11.6 Å². The second kappa shape index (κ2) is 10.6. The van der Waals surface area contributed by atoms with Crippen LogP contribution in [0.4, 0.5) is 11.4 Å². The Morgan fingerprint density at radius 1 is 1.12 bits per heavy atom. The van der Waals surface area contributed by atoms with Gasteiger partial charge in [0.2, 0.25) is 0 Å². The lowest BCUT2D eigenvalue weighted by Gasteiger charge is -2.12. The molecular weight excluding hydrogens is 422 g/mol. The number of nitrogens with one attached hydrogen (secondary N) is 1. The molecule has 1 amide bonds. The molecule has 1 N–H and O–H groups in total. The van der Waals surface area contributed by atoms with Crippen LogP contribution < -0.4 is 14.8 Å². The van der Waals surface area contributed by atoms with Gasteiger partial charge in [-0.15, -0.1) is 0 Å². The average molecular weight is 443 g/mol. The summed E-state index contributed by atoms with van der Waals surface area (Å²) in [6.45, 7) is 2.02. The highest BCUT2D eigenvalue weighted by Crippen LogP contribution is 2.30. The number of carbonyl (C=O) groups excluding carboxylic acids is 1. The summed E-state index contributed by atoms with van der Waals surface area (Å²) in [4.78, 5) is 23.4. The molecule has 0 aliphatic rings. The van der Waals surface area contributed by atoms with E-state index in [-0.39, 0.29) is 16.9 Å². The Labute approximate surface area is 190 Å². The number of ether oxygens (including phenoxy) is 2. The Balaban J connectivity index is 1.84. The Morgan fingerprint density at radius 2 is 1.88 bits per heavy atom. The number of nitro groups is 1. The summed E-state index contributed by atoms with van der Waals surface area (Å²) in [5.41, 5.74) is 1.72. The third-order valence-electron chi connectivity index (χ3n) is 4.70. The predicted molar refractivity (Wildman–Crippen MR) is 124 cm³/mol. The minimum absolute atomic E-state index is 0.0124. The Bertz CT molecular complexity index is 1250. The van der Waals surface area contributed by atoms with Crippen LogP contribution in [0.2, 0.25) is 0 Å². The van der Waals surface area contributed by atoms with Gasteiger partial charge in [-0.25, -0.2) is 0 Å². The smallest absolute Gasteiger partial charge is 0.293 e. The second-order valence-corrected chi connectivity index (χ2v) is 7.09. The van der Waals surface area contributed by atoms with Crippen LogP contribution in [0.5, 0.6) is 11.5 Å². The standard InChI is InChI=1S/C25H21N3O5/c1-17-8-10-21(22(12-17)28(30)31)27-25(29)20(15-26)13-19-9-11-23(32-2)24(14-19)33-16-18-6-4-3-5-7-18/h3-14H,16H2,1-2H3,(H,27,29)/b20-13+. The van der Waals surface area contributed by atoms with Gasteiger partial charge in [-0.2, -0.15) is 5.26 Å². The van der Waals surface area contributed by atoms with Crippen molar-refractivity contribution >= 4 is 23.4 Å². The van der Waals surface area contributed by atoms with E-state index in [4.69, 9.17) is 9.47 Å². The molecule has 3 aromatic carbocycles. The van der Waals surface area contributed by atoms with Crippen LogP contribution in [0.15, 0.2) is 72.3 Å². The topological polar surface area (TPSA) is 114 Å². The van der Waals surface area contributed by atoms with Crippen molar-refractivity contribution in [2.24, 2.45) is 0 Å². The Morgan fingerprint density at radius 3 is 2.55 bits per heavy atom. The van der Waals surface area contributed by atoms with Gasteiger partial charge >= 0.3 is 0 Å². The van der Waals surface area contributed by atoms with Crippen molar-refractivity contribution < 1.29 is 19.2 Å². The van der Waals surface area contributed by atoms with Gasteiger partial charge in [-0.05, 0) is 47.9 Å². The minimum Gasteiger partial charge on any atom is -0.493 e. The van der Waals surface area contributed by atoms with E-state index in [1.165, 1.54) is 25.3 Å². The van der Waals surface area contributed by atoms with Crippen LogP contribution in [0.3, 0.4) is 0 Å². The maximum Gasteiger partial charge on any atom is 0.293 e. The van der Waals surface area contributed by atoms with Gasteiger partial charge in [0.05, 0.1) is 12.0 Å². The van der Waals surface area contributed by atoms with Crippen LogP contribution in [0, 0.1) is 28.4 Å². The quantitative estimate of drug-likeness (QED) is 0.226. The third-order valence-corrected chi connectivity index (χ3v) is 4.70. The lowest BCUT2D eigenvalue weighted by molar-refractivity contribution is -0.384. The molecule has 33 heavy (non-hydrogen) atoms. The monoisotopic (exact) mass is 443 g/mol. The maximum absolute atomic E-state index is 12.6. The number of amides is 1. The first-order valence-electron chi connectivity index (χ1n) is 9.94. The summed E-state index contributed by atoms with van der Waals surface area (Å²) in [6, 6.07) is 20.9. The van der Waals surface area contributed by atoms with Crippen LogP contribution in [0.1, 0.15) is 16.7 Å². The van der Waals surface area contributed by atoms with Gasteiger partial charge in [-0.3, -0.25) is 14.9 Å². The van der Waals surface area contributed by atoms with E-state index in [1.54, 1.807) is 31.2 Å². The zero-order chi connectivity index (χ0) is 23.8. The predicted octanol–water partition coefficient (Wildman–Crippen LogP) is 5.04. The maximum atomic E-state index is 12.6. The fraction of sp³-hybridized carbons (Fsp3) is 0.120. The van der Waals surface area contributed by atoms with Crippen molar-refractivity contribution in [2.45, 2.75) is 13.5 Å². The molecule has 3 rings (SSSR count). The highest BCUT2D eigenvalue weighted by molar-refractivity contribution is 6.10. The number of nitro benzene ring substituents is 1. The number of hydrogen-bond donors (Lipinski definition) is 1. The van der Waals surface area contributed by atoms with E-state index in [2.05, 4.69) is 5.32 Å². The number of nitriles is 1. The van der Waals surface area contributed by atoms with E-state index in [0.717, 1.165) is 5.56 Å². The van der Waals surface area contributed by atoms with Gasteiger partial charge in [0.15, 0.2) is 11.5 Å². The van der Waals surface area contributed by atoms with Crippen molar-refractivity contribution in [1.29, 1.82) is 5.26 Å². The molecule has 0 spiro atoms. The van der Waals surface area contributed by atoms with Gasteiger partial charge in [0.1, 0.15) is 23.9 Å².